The van der Waals surface area contributed by atoms with E-state index in [1.807, 2.05) is 18.2 Å². The third kappa shape index (κ3) is 4.25. The van der Waals surface area contributed by atoms with Gasteiger partial charge < -0.3 is 19.7 Å². The first-order valence-electron chi connectivity index (χ1n) is 10.5. The molecule has 0 atom stereocenters. The predicted molar refractivity (Wildman–Crippen MR) is 115 cm³/mol. The highest BCUT2D eigenvalue weighted by Crippen LogP contribution is 2.36. The molecule has 5 heteroatoms. The molecule has 2 heterocycles. The standard InChI is InChI=1S/C24H30N2O3/c1-28-21-11-5-7-19-8-6-14-26(23(19)21)17-22(27)25-18-24(12-15-29-16-13-24)20-9-3-2-4-10-20/h2-5,7,9-11H,6,8,12-18H2,1H3,(H,25,27). The van der Waals surface area contributed by atoms with E-state index < -0.39 is 0 Å². The second-order valence-corrected chi connectivity index (χ2v) is 8.03. The first-order valence-corrected chi connectivity index (χ1v) is 10.5. The zero-order valence-electron chi connectivity index (χ0n) is 17.2. The van der Waals surface area contributed by atoms with Crippen molar-refractivity contribution < 1.29 is 14.3 Å². The van der Waals surface area contributed by atoms with Crippen molar-refractivity contribution >= 4 is 11.6 Å². The Bertz CT molecular complexity index is 817. The van der Waals surface area contributed by atoms with E-state index in [0.717, 1.165) is 56.9 Å². The maximum atomic E-state index is 12.9. The lowest BCUT2D eigenvalue weighted by Crippen LogP contribution is -2.47. The largest absolute Gasteiger partial charge is 0.495 e. The molecule has 2 aromatic rings. The average Bonchev–Trinajstić information content (AvgIpc) is 2.79. The molecule has 0 spiro atoms. The van der Waals surface area contributed by atoms with Crippen molar-refractivity contribution in [1.29, 1.82) is 0 Å². The van der Waals surface area contributed by atoms with Crippen LogP contribution in [0.3, 0.4) is 0 Å². The number of rotatable bonds is 6. The zero-order chi connectivity index (χ0) is 20.1. The van der Waals surface area contributed by atoms with Crippen LogP contribution in [0.1, 0.15) is 30.4 Å². The van der Waals surface area contributed by atoms with Crippen LogP contribution < -0.4 is 15.0 Å². The van der Waals surface area contributed by atoms with Crippen LogP contribution in [0.4, 0.5) is 5.69 Å². The number of hydrogen-bond acceptors (Lipinski definition) is 4. The third-order valence-electron chi connectivity index (χ3n) is 6.29. The first-order chi connectivity index (χ1) is 14.2. The summed E-state index contributed by atoms with van der Waals surface area (Å²) in [5, 5.41) is 3.23. The summed E-state index contributed by atoms with van der Waals surface area (Å²) < 4.78 is 11.2. The van der Waals surface area contributed by atoms with Crippen LogP contribution in [0.2, 0.25) is 0 Å². The average molecular weight is 395 g/mol. The number of amides is 1. The number of methoxy groups -OCH3 is 1. The van der Waals surface area contributed by atoms with Gasteiger partial charge in [-0.1, -0.05) is 42.5 Å². The lowest BCUT2D eigenvalue weighted by molar-refractivity contribution is -0.120. The molecule has 2 aliphatic heterocycles. The number of ether oxygens (including phenoxy) is 2. The minimum Gasteiger partial charge on any atom is -0.495 e. The summed E-state index contributed by atoms with van der Waals surface area (Å²) in [7, 11) is 1.69. The highest BCUT2D eigenvalue weighted by atomic mass is 16.5. The van der Waals surface area contributed by atoms with Crippen LogP contribution in [-0.2, 0) is 21.4 Å². The van der Waals surface area contributed by atoms with Crippen molar-refractivity contribution in [1.82, 2.24) is 5.32 Å². The van der Waals surface area contributed by atoms with Gasteiger partial charge in [-0.15, -0.1) is 0 Å². The molecule has 1 N–H and O–H groups in total. The van der Waals surface area contributed by atoms with E-state index in [2.05, 4.69) is 40.5 Å². The molecule has 29 heavy (non-hydrogen) atoms. The number of anilines is 1. The monoisotopic (exact) mass is 394 g/mol. The first kappa shape index (κ1) is 19.8. The Morgan fingerprint density at radius 3 is 2.69 bits per heavy atom. The number of nitrogens with one attached hydrogen (secondary N) is 1. The molecule has 0 saturated carbocycles. The summed E-state index contributed by atoms with van der Waals surface area (Å²) in [6.45, 7) is 3.35. The van der Waals surface area contributed by atoms with Gasteiger partial charge in [-0.2, -0.15) is 0 Å². The van der Waals surface area contributed by atoms with Crippen molar-refractivity contribution in [3.8, 4) is 5.75 Å². The molecule has 154 valence electrons. The zero-order valence-corrected chi connectivity index (χ0v) is 17.2. The SMILES string of the molecule is COc1cccc2c1N(CC(=O)NCC1(c3ccccc3)CCOCC1)CCC2. The van der Waals surface area contributed by atoms with E-state index in [9.17, 15) is 4.79 Å². The van der Waals surface area contributed by atoms with E-state index in [0.29, 0.717) is 13.1 Å². The molecule has 0 bridgehead atoms. The number of fused-ring (bicyclic) bond motifs is 1. The second-order valence-electron chi connectivity index (χ2n) is 8.03. The van der Waals surface area contributed by atoms with Gasteiger partial charge in [0.25, 0.3) is 0 Å². The quantitative estimate of drug-likeness (QED) is 0.817. The maximum Gasteiger partial charge on any atom is 0.239 e. The third-order valence-corrected chi connectivity index (χ3v) is 6.29. The summed E-state index contributed by atoms with van der Waals surface area (Å²) in [5.74, 6) is 0.908. The molecule has 2 aliphatic rings. The second kappa shape index (κ2) is 8.87. The fraction of sp³-hybridized carbons (Fsp3) is 0.458. The summed E-state index contributed by atoms with van der Waals surface area (Å²) in [6, 6.07) is 16.7. The fourth-order valence-corrected chi connectivity index (χ4v) is 4.64. The van der Waals surface area contributed by atoms with Gasteiger partial charge in [-0.05, 0) is 42.9 Å². The molecule has 4 rings (SSSR count). The molecule has 1 fully saturated rings. The number of carbonyl (C=O) groups excluding carboxylic acids is 1. The Hall–Kier alpha value is -2.53. The van der Waals surface area contributed by atoms with Crippen molar-refractivity contribution in [2.75, 3.05) is 44.9 Å². The topological polar surface area (TPSA) is 50.8 Å². The van der Waals surface area contributed by atoms with Crippen LogP contribution in [0.5, 0.6) is 5.75 Å². The van der Waals surface area contributed by atoms with Crippen LogP contribution in [0, 0.1) is 0 Å². The number of carbonyl (C=O) groups is 1. The summed E-state index contributed by atoms with van der Waals surface area (Å²) in [6.07, 6.45) is 3.94. The van der Waals surface area contributed by atoms with Gasteiger partial charge in [0.05, 0.1) is 19.3 Å². The number of hydrogen-bond donors (Lipinski definition) is 1. The molecular formula is C24H30N2O3. The summed E-state index contributed by atoms with van der Waals surface area (Å²) in [5.41, 5.74) is 3.56. The normalized spacial score (nSPS) is 18.0. The lowest BCUT2D eigenvalue weighted by Gasteiger charge is -2.38. The van der Waals surface area contributed by atoms with E-state index in [1.165, 1.54) is 11.1 Å². The van der Waals surface area contributed by atoms with Gasteiger partial charge in [0, 0.05) is 31.7 Å². The molecule has 0 aromatic heterocycles. The molecular weight excluding hydrogens is 364 g/mol. The molecule has 1 saturated heterocycles. The van der Waals surface area contributed by atoms with Gasteiger partial charge in [0.1, 0.15) is 5.75 Å². The van der Waals surface area contributed by atoms with E-state index in [1.54, 1.807) is 7.11 Å². The predicted octanol–water partition coefficient (Wildman–Crippen LogP) is 3.31. The van der Waals surface area contributed by atoms with Crippen molar-refractivity contribution in [3.05, 3.63) is 59.7 Å². The van der Waals surface area contributed by atoms with E-state index in [4.69, 9.17) is 9.47 Å². The highest BCUT2D eigenvalue weighted by molar-refractivity contribution is 5.83. The Balaban J connectivity index is 1.45. The van der Waals surface area contributed by atoms with Crippen molar-refractivity contribution in [2.24, 2.45) is 0 Å². The molecule has 0 radical (unpaired) electrons. The molecule has 0 unspecified atom stereocenters. The molecule has 1 amide bonds. The number of benzene rings is 2. The minimum atomic E-state index is -0.0489. The molecule has 0 aliphatic carbocycles. The Morgan fingerprint density at radius 1 is 1.14 bits per heavy atom. The van der Waals surface area contributed by atoms with E-state index >= 15 is 0 Å². The van der Waals surface area contributed by atoms with Crippen LogP contribution >= 0.6 is 0 Å². The minimum absolute atomic E-state index is 0.0489. The van der Waals surface area contributed by atoms with Gasteiger partial charge >= 0.3 is 0 Å². The number of nitrogens with zero attached hydrogens (tertiary/aromatic N) is 1. The molecule has 2 aromatic carbocycles. The van der Waals surface area contributed by atoms with Gasteiger partial charge in [0.2, 0.25) is 5.91 Å². The Labute approximate surface area is 173 Å². The van der Waals surface area contributed by atoms with Gasteiger partial charge in [-0.25, -0.2) is 0 Å². The number of aryl methyl sites for hydroxylation is 1. The Kier molecular flexibility index (Phi) is 6.05. The Morgan fingerprint density at radius 2 is 1.93 bits per heavy atom. The molecule has 5 nitrogen and oxygen atoms in total. The lowest BCUT2D eigenvalue weighted by atomic mass is 9.74. The van der Waals surface area contributed by atoms with Crippen molar-refractivity contribution in [3.63, 3.8) is 0 Å². The highest BCUT2D eigenvalue weighted by Gasteiger charge is 2.35. The summed E-state index contributed by atoms with van der Waals surface area (Å²) >= 11 is 0. The van der Waals surface area contributed by atoms with Gasteiger partial charge in [-0.3, -0.25) is 4.79 Å². The maximum absolute atomic E-state index is 12.9. The van der Waals surface area contributed by atoms with Crippen LogP contribution in [0.25, 0.3) is 0 Å². The summed E-state index contributed by atoms with van der Waals surface area (Å²) in [4.78, 5) is 15.1. The van der Waals surface area contributed by atoms with Gasteiger partial charge in [0.15, 0.2) is 0 Å². The van der Waals surface area contributed by atoms with Crippen LogP contribution in [0.15, 0.2) is 48.5 Å². The number of para-hydroxylation sites is 1. The van der Waals surface area contributed by atoms with Crippen molar-refractivity contribution in [2.45, 2.75) is 31.1 Å². The van der Waals surface area contributed by atoms with Crippen LogP contribution in [-0.4, -0.2) is 45.9 Å². The van der Waals surface area contributed by atoms with E-state index in [-0.39, 0.29) is 11.3 Å². The fourth-order valence-electron chi connectivity index (χ4n) is 4.64. The smallest absolute Gasteiger partial charge is 0.239 e.